The van der Waals surface area contributed by atoms with Gasteiger partial charge in [0.1, 0.15) is 18.2 Å². The second-order valence-electron chi connectivity index (χ2n) is 5.88. The Morgan fingerprint density at radius 1 is 1.08 bits per heavy atom. The average molecular weight is 316 g/mol. The van der Waals surface area contributed by atoms with Crippen molar-refractivity contribution in [3.63, 3.8) is 0 Å². The van der Waals surface area contributed by atoms with Gasteiger partial charge in [-0.2, -0.15) is 0 Å². The Kier molecular flexibility index (Phi) is 2.48. The van der Waals surface area contributed by atoms with Crippen molar-refractivity contribution in [3.8, 4) is 11.3 Å². The molecule has 0 fully saturated rings. The van der Waals surface area contributed by atoms with E-state index in [1.54, 1.807) is 0 Å². The molecule has 0 aliphatic rings. The van der Waals surface area contributed by atoms with Crippen molar-refractivity contribution < 1.29 is 13.1 Å². The maximum Gasteiger partial charge on any atom is 0.229 e. The molecule has 0 spiro atoms. The van der Waals surface area contributed by atoms with Gasteiger partial charge in [-0.15, -0.1) is 0 Å². The second kappa shape index (κ2) is 5.21. The molecule has 116 valence electrons. The SMILES string of the molecule is [2H]C([2H])([2H])c1ccc([N+]#[C-])c2oc3c(-c4cccc[n+]4C)c(C)ccc3c12. The number of hydrogen-bond acceptors (Lipinski definition) is 1. The molecule has 0 saturated carbocycles. The van der Waals surface area contributed by atoms with Crippen LogP contribution >= 0.6 is 0 Å². The highest BCUT2D eigenvalue weighted by molar-refractivity contribution is 6.14. The van der Waals surface area contributed by atoms with Gasteiger partial charge in [-0.3, -0.25) is 0 Å². The van der Waals surface area contributed by atoms with Gasteiger partial charge in [0, 0.05) is 27.0 Å². The predicted octanol–water partition coefficient (Wildman–Crippen LogP) is 5.25. The van der Waals surface area contributed by atoms with Gasteiger partial charge >= 0.3 is 0 Å². The molecule has 2 heterocycles. The topological polar surface area (TPSA) is 21.4 Å². The first-order valence-electron chi connectivity index (χ1n) is 9.14. The molecular formula is C21H17N2O+. The van der Waals surface area contributed by atoms with Crippen molar-refractivity contribution in [2.24, 2.45) is 7.05 Å². The minimum atomic E-state index is -2.29. The average Bonchev–Trinajstić information content (AvgIpc) is 3.00. The van der Waals surface area contributed by atoms with E-state index in [0.717, 1.165) is 16.8 Å². The summed E-state index contributed by atoms with van der Waals surface area (Å²) in [5, 5.41) is 1.21. The third-order valence-corrected chi connectivity index (χ3v) is 4.41. The highest BCUT2D eigenvalue weighted by Gasteiger charge is 2.21. The van der Waals surface area contributed by atoms with E-state index >= 15 is 0 Å². The van der Waals surface area contributed by atoms with Gasteiger partial charge in [-0.25, -0.2) is 9.41 Å². The minimum Gasteiger partial charge on any atom is -0.466 e. The number of aromatic nitrogens is 1. The highest BCUT2D eigenvalue weighted by Crippen LogP contribution is 2.41. The number of fused-ring (bicyclic) bond motifs is 3. The molecule has 4 rings (SSSR count). The van der Waals surface area contributed by atoms with E-state index in [9.17, 15) is 0 Å². The zero-order valence-electron chi connectivity index (χ0n) is 16.4. The largest absolute Gasteiger partial charge is 0.466 e. The summed E-state index contributed by atoms with van der Waals surface area (Å²) in [6.07, 6.45) is 1.95. The van der Waals surface area contributed by atoms with Crippen molar-refractivity contribution >= 4 is 27.6 Å². The highest BCUT2D eigenvalue weighted by atomic mass is 16.3. The predicted molar refractivity (Wildman–Crippen MR) is 96.1 cm³/mol. The Morgan fingerprint density at radius 2 is 1.92 bits per heavy atom. The van der Waals surface area contributed by atoms with Crippen molar-refractivity contribution in [1.82, 2.24) is 0 Å². The summed E-state index contributed by atoms with van der Waals surface area (Å²) < 4.78 is 31.9. The lowest BCUT2D eigenvalue weighted by molar-refractivity contribution is -0.660. The van der Waals surface area contributed by atoms with E-state index < -0.39 is 6.85 Å². The Hall–Kier alpha value is -3.12. The summed E-state index contributed by atoms with van der Waals surface area (Å²) in [4.78, 5) is 3.53. The van der Waals surface area contributed by atoms with E-state index in [0.29, 0.717) is 27.6 Å². The zero-order chi connectivity index (χ0) is 19.3. The van der Waals surface area contributed by atoms with Crippen molar-refractivity contribution in [2.45, 2.75) is 13.8 Å². The van der Waals surface area contributed by atoms with E-state index in [1.807, 2.05) is 55.1 Å². The van der Waals surface area contributed by atoms with Crippen LogP contribution < -0.4 is 4.57 Å². The van der Waals surface area contributed by atoms with Crippen molar-refractivity contribution in [2.75, 3.05) is 0 Å². The lowest BCUT2D eigenvalue weighted by Crippen LogP contribution is -2.30. The molecule has 2 aromatic carbocycles. The van der Waals surface area contributed by atoms with Crippen LogP contribution in [-0.4, -0.2) is 0 Å². The third kappa shape index (κ3) is 1.93. The van der Waals surface area contributed by atoms with Gasteiger partial charge in [-0.05, 0) is 31.0 Å². The molecule has 0 unspecified atom stereocenters. The number of benzene rings is 2. The maximum atomic E-state index is 7.90. The van der Waals surface area contributed by atoms with Gasteiger partial charge in [0.15, 0.2) is 6.20 Å². The molecule has 0 saturated heterocycles. The van der Waals surface area contributed by atoms with E-state index in [2.05, 4.69) is 4.85 Å². The standard InChI is InChI=1S/C21H17N2O/c1-13-9-11-16(22-3)21-18(13)15-10-8-14(2)19(20(15)24-21)17-7-5-6-12-23(17)4/h5-12H,1-2,4H3/q+1/i1D3. The van der Waals surface area contributed by atoms with Crippen LogP contribution in [0.2, 0.25) is 0 Å². The second-order valence-corrected chi connectivity index (χ2v) is 5.88. The summed E-state index contributed by atoms with van der Waals surface area (Å²) >= 11 is 0. The van der Waals surface area contributed by atoms with Crippen LogP contribution in [0.5, 0.6) is 0 Å². The Bertz CT molecular complexity index is 1250. The molecule has 4 aromatic rings. The van der Waals surface area contributed by atoms with Gasteiger partial charge in [0.2, 0.25) is 11.4 Å². The number of rotatable bonds is 1. The summed E-state index contributed by atoms with van der Waals surface area (Å²) in [6.45, 7) is 7.14. The molecule has 3 nitrogen and oxygen atoms in total. The van der Waals surface area contributed by atoms with Crippen molar-refractivity contribution in [3.05, 3.63) is 71.2 Å². The van der Waals surface area contributed by atoms with Crippen LogP contribution in [0.3, 0.4) is 0 Å². The molecule has 2 aromatic heterocycles. The van der Waals surface area contributed by atoms with Crippen molar-refractivity contribution in [1.29, 1.82) is 0 Å². The molecule has 0 radical (unpaired) electrons. The van der Waals surface area contributed by atoms with Crippen LogP contribution in [0, 0.1) is 20.3 Å². The minimum absolute atomic E-state index is 0.205. The van der Waals surface area contributed by atoms with Crippen LogP contribution in [0.25, 0.3) is 38.0 Å². The summed E-state index contributed by atoms with van der Waals surface area (Å²) in [5.74, 6) is 0. The molecular weight excluding hydrogens is 296 g/mol. The number of hydrogen-bond donors (Lipinski definition) is 0. The zero-order valence-corrected chi connectivity index (χ0v) is 13.4. The first-order chi connectivity index (χ1) is 12.8. The maximum absolute atomic E-state index is 7.90. The van der Waals surface area contributed by atoms with Gasteiger partial charge < -0.3 is 4.42 Å². The first-order valence-corrected chi connectivity index (χ1v) is 7.64. The Labute approximate surface area is 144 Å². The monoisotopic (exact) mass is 316 g/mol. The van der Waals surface area contributed by atoms with Crippen LogP contribution in [0.15, 0.2) is 53.1 Å². The first kappa shape index (κ1) is 11.4. The number of furan rings is 1. The number of pyridine rings is 1. The van der Waals surface area contributed by atoms with Crippen LogP contribution in [0.1, 0.15) is 15.2 Å². The molecule has 0 atom stereocenters. The summed E-state index contributed by atoms with van der Waals surface area (Å²) in [7, 11) is 1.95. The third-order valence-electron chi connectivity index (χ3n) is 4.41. The quantitative estimate of drug-likeness (QED) is 0.347. The van der Waals surface area contributed by atoms with E-state index in [1.165, 1.54) is 12.1 Å². The fourth-order valence-electron chi connectivity index (χ4n) is 3.22. The number of aryl methyl sites for hydroxylation is 3. The molecule has 3 heteroatoms. The Morgan fingerprint density at radius 3 is 2.67 bits per heavy atom. The molecule has 0 aliphatic carbocycles. The Balaban J connectivity index is 2.23. The fraction of sp³-hybridized carbons (Fsp3) is 0.143. The van der Waals surface area contributed by atoms with E-state index in [-0.39, 0.29) is 5.56 Å². The normalized spacial score (nSPS) is 13.5. The molecule has 24 heavy (non-hydrogen) atoms. The van der Waals surface area contributed by atoms with Gasteiger partial charge in [0.05, 0.1) is 12.1 Å². The van der Waals surface area contributed by atoms with Gasteiger partial charge in [0.25, 0.3) is 0 Å². The lowest BCUT2D eigenvalue weighted by Gasteiger charge is -2.05. The fourth-order valence-corrected chi connectivity index (χ4v) is 3.22. The summed E-state index contributed by atoms with van der Waals surface area (Å²) in [6, 6.07) is 12.8. The van der Waals surface area contributed by atoms with Crippen LogP contribution in [-0.2, 0) is 7.05 Å². The van der Waals surface area contributed by atoms with E-state index in [4.69, 9.17) is 15.1 Å². The molecule has 0 N–H and O–H groups in total. The summed E-state index contributed by atoms with van der Waals surface area (Å²) in [5.41, 5.74) is 4.33. The lowest BCUT2D eigenvalue weighted by atomic mass is 9.99. The molecule has 0 amide bonds. The molecule has 0 aliphatic heterocycles. The smallest absolute Gasteiger partial charge is 0.229 e. The number of nitrogens with zero attached hydrogens (tertiary/aromatic N) is 2. The van der Waals surface area contributed by atoms with Gasteiger partial charge in [-0.1, -0.05) is 24.3 Å². The molecule has 0 bridgehead atoms. The van der Waals surface area contributed by atoms with Crippen LogP contribution in [0.4, 0.5) is 5.69 Å².